The highest BCUT2D eigenvalue weighted by atomic mass is 16.5. The van der Waals surface area contributed by atoms with Gasteiger partial charge in [0.15, 0.2) is 0 Å². The number of rotatable bonds is 5. The maximum atomic E-state index is 11.9. The Morgan fingerprint density at radius 3 is 2.88 bits per heavy atom. The highest BCUT2D eigenvalue weighted by Gasteiger charge is 2.27. The van der Waals surface area contributed by atoms with Gasteiger partial charge in [0.2, 0.25) is 0 Å². The monoisotopic (exact) mass is 342 g/mol. The van der Waals surface area contributed by atoms with E-state index in [1.54, 1.807) is 7.11 Å². The third kappa shape index (κ3) is 3.74. The van der Waals surface area contributed by atoms with Crippen molar-refractivity contribution in [2.75, 3.05) is 20.8 Å². The second kappa shape index (κ2) is 7.53. The highest BCUT2D eigenvalue weighted by Crippen LogP contribution is 2.28. The quantitative estimate of drug-likeness (QED) is 0.841. The number of fused-ring (bicyclic) bond motifs is 1. The molecular formula is C19H22N2O4. The molecule has 0 fully saturated rings. The molecule has 1 unspecified atom stereocenters. The Kier molecular flexibility index (Phi) is 5.19. The van der Waals surface area contributed by atoms with E-state index in [9.17, 15) is 4.79 Å². The summed E-state index contributed by atoms with van der Waals surface area (Å²) in [5.74, 6) is 1.18. The molecule has 0 saturated carbocycles. The number of benzene rings is 1. The first-order chi connectivity index (χ1) is 12.1. The Morgan fingerprint density at radius 2 is 2.12 bits per heavy atom. The Bertz CT molecular complexity index is 776. The van der Waals surface area contributed by atoms with Crippen LogP contribution in [0.1, 0.15) is 28.6 Å². The summed E-state index contributed by atoms with van der Waals surface area (Å²) >= 11 is 0. The zero-order valence-corrected chi connectivity index (χ0v) is 14.7. The van der Waals surface area contributed by atoms with Crippen molar-refractivity contribution < 1.29 is 19.0 Å². The Hall–Kier alpha value is -2.60. The van der Waals surface area contributed by atoms with E-state index in [-0.39, 0.29) is 5.97 Å². The lowest BCUT2D eigenvalue weighted by Crippen LogP contribution is -2.35. The molecule has 3 rings (SSSR count). The SMILES string of the molecule is COC(=O)C1NCCc2cc(OCc3nc(C)ccc3OC)ccc21. The van der Waals surface area contributed by atoms with Gasteiger partial charge in [0.1, 0.15) is 29.8 Å². The molecule has 1 aliphatic heterocycles. The van der Waals surface area contributed by atoms with Crippen LogP contribution >= 0.6 is 0 Å². The molecule has 132 valence electrons. The number of nitrogens with zero attached hydrogens (tertiary/aromatic N) is 1. The summed E-state index contributed by atoms with van der Waals surface area (Å²) in [5, 5.41) is 3.18. The van der Waals surface area contributed by atoms with Crippen LogP contribution in [0.2, 0.25) is 0 Å². The summed E-state index contributed by atoms with van der Waals surface area (Å²) in [4.78, 5) is 16.4. The van der Waals surface area contributed by atoms with Gasteiger partial charge in [-0.25, -0.2) is 4.79 Å². The molecule has 6 heteroatoms. The van der Waals surface area contributed by atoms with E-state index in [2.05, 4.69) is 10.3 Å². The molecule has 25 heavy (non-hydrogen) atoms. The number of carbonyl (C=O) groups is 1. The van der Waals surface area contributed by atoms with Crippen molar-refractivity contribution in [2.24, 2.45) is 0 Å². The van der Waals surface area contributed by atoms with Gasteiger partial charge < -0.3 is 19.5 Å². The number of aryl methyl sites for hydroxylation is 1. The molecule has 1 aromatic heterocycles. The van der Waals surface area contributed by atoms with Gasteiger partial charge in [-0.2, -0.15) is 0 Å². The predicted molar refractivity (Wildman–Crippen MR) is 92.8 cm³/mol. The Balaban J connectivity index is 1.77. The minimum atomic E-state index is -0.415. The first-order valence-electron chi connectivity index (χ1n) is 8.19. The zero-order valence-electron chi connectivity index (χ0n) is 14.7. The molecule has 1 atom stereocenters. The molecule has 1 aliphatic rings. The van der Waals surface area contributed by atoms with Crippen LogP contribution in [0.3, 0.4) is 0 Å². The first kappa shape index (κ1) is 17.2. The van der Waals surface area contributed by atoms with Gasteiger partial charge in [0.05, 0.1) is 14.2 Å². The second-order valence-electron chi connectivity index (χ2n) is 5.91. The number of methoxy groups -OCH3 is 2. The van der Waals surface area contributed by atoms with Crippen molar-refractivity contribution in [1.29, 1.82) is 0 Å². The van der Waals surface area contributed by atoms with Crippen LogP contribution in [0.15, 0.2) is 30.3 Å². The predicted octanol–water partition coefficient (Wildman–Crippen LogP) is 2.34. The third-order valence-corrected chi connectivity index (χ3v) is 4.27. The van der Waals surface area contributed by atoms with Crippen LogP contribution in [0.25, 0.3) is 0 Å². The van der Waals surface area contributed by atoms with Crippen LogP contribution in [0.4, 0.5) is 0 Å². The molecule has 0 aliphatic carbocycles. The number of hydrogen-bond acceptors (Lipinski definition) is 6. The van der Waals surface area contributed by atoms with Crippen LogP contribution in [0.5, 0.6) is 11.5 Å². The molecular weight excluding hydrogens is 320 g/mol. The van der Waals surface area contributed by atoms with E-state index in [1.165, 1.54) is 7.11 Å². The second-order valence-corrected chi connectivity index (χ2v) is 5.91. The number of esters is 1. The summed E-state index contributed by atoms with van der Waals surface area (Å²) in [6.45, 7) is 2.98. The molecule has 0 bridgehead atoms. The van der Waals surface area contributed by atoms with Crippen molar-refractivity contribution in [3.8, 4) is 11.5 Å². The number of nitrogens with one attached hydrogen (secondary N) is 1. The van der Waals surface area contributed by atoms with Crippen molar-refractivity contribution in [3.05, 3.63) is 52.8 Å². The van der Waals surface area contributed by atoms with Crippen LogP contribution in [0, 0.1) is 6.92 Å². The standard InChI is InChI=1S/C19H22N2O4/c1-12-4-7-17(23-2)16(21-12)11-25-14-5-6-15-13(10-14)8-9-20-18(15)19(22)24-3/h4-7,10,18,20H,8-9,11H2,1-3H3. The summed E-state index contributed by atoms with van der Waals surface area (Å²) < 4.78 is 16.1. The fourth-order valence-electron chi connectivity index (χ4n) is 3.00. The summed E-state index contributed by atoms with van der Waals surface area (Å²) in [5.41, 5.74) is 3.71. The number of carbonyl (C=O) groups excluding carboxylic acids is 1. The van der Waals surface area contributed by atoms with Crippen LogP contribution < -0.4 is 14.8 Å². The molecule has 6 nitrogen and oxygen atoms in total. The number of pyridine rings is 1. The van der Waals surface area contributed by atoms with E-state index < -0.39 is 6.04 Å². The molecule has 0 saturated heterocycles. The average Bonchev–Trinajstić information content (AvgIpc) is 2.65. The van der Waals surface area contributed by atoms with E-state index in [0.717, 1.165) is 41.2 Å². The van der Waals surface area contributed by atoms with E-state index >= 15 is 0 Å². The molecule has 2 aromatic rings. The number of ether oxygens (including phenoxy) is 3. The average molecular weight is 342 g/mol. The third-order valence-electron chi connectivity index (χ3n) is 4.27. The van der Waals surface area contributed by atoms with Gasteiger partial charge in [-0.15, -0.1) is 0 Å². The molecule has 0 radical (unpaired) electrons. The van der Waals surface area contributed by atoms with Crippen LogP contribution in [-0.2, 0) is 22.6 Å². The maximum Gasteiger partial charge on any atom is 0.327 e. The Labute approximate surface area is 147 Å². The molecule has 1 N–H and O–H groups in total. The minimum absolute atomic E-state index is 0.275. The lowest BCUT2D eigenvalue weighted by molar-refractivity contribution is -0.143. The minimum Gasteiger partial charge on any atom is -0.495 e. The molecule has 1 aromatic carbocycles. The fraction of sp³-hybridized carbons (Fsp3) is 0.368. The fourth-order valence-corrected chi connectivity index (χ4v) is 3.00. The zero-order chi connectivity index (χ0) is 17.8. The maximum absolute atomic E-state index is 11.9. The normalized spacial score (nSPS) is 16.0. The summed E-state index contributed by atoms with van der Waals surface area (Å²) in [6, 6.07) is 9.14. The molecule has 0 spiro atoms. The van der Waals surface area contributed by atoms with Gasteiger partial charge in [-0.05, 0) is 48.7 Å². The Morgan fingerprint density at radius 1 is 1.28 bits per heavy atom. The lowest BCUT2D eigenvalue weighted by atomic mass is 9.94. The summed E-state index contributed by atoms with van der Waals surface area (Å²) in [7, 11) is 3.02. The van der Waals surface area contributed by atoms with Gasteiger partial charge in [-0.3, -0.25) is 4.98 Å². The van der Waals surface area contributed by atoms with Gasteiger partial charge in [0, 0.05) is 12.2 Å². The van der Waals surface area contributed by atoms with E-state index in [0.29, 0.717) is 12.4 Å². The van der Waals surface area contributed by atoms with Crippen molar-refractivity contribution in [3.63, 3.8) is 0 Å². The first-order valence-corrected chi connectivity index (χ1v) is 8.19. The number of hydrogen-bond donors (Lipinski definition) is 1. The van der Waals surface area contributed by atoms with Gasteiger partial charge >= 0.3 is 5.97 Å². The summed E-state index contributed by atoms with van der Waals surface area (Å²) in [6.07, 6.45) is 0.839. The number of aromatic nitrogens is 1. The van der Waals surface area contributed by atoms with Crippen molar-refractivity contribution in [2.45, 2.75) is 26.0 Å². The topological polar surface area (TPSA) is 69.7 Å². The van der Waals surface area contributed by atoms with Crippen molar-refractivity contribution in [1.82, 2.24) is 10.3 Å². The van der Waals surface area contributed by atoms with Crippen LogP contribution in [-0.4, -0.2) is 31.7 Å². The lowest BCUT2D eigenvalue weighted by Gasteiger charge is -2.25. The van der Waals surface area contributed by atoms with Crippen molar-refractivity contribution >= 4 is 5.97 Å². The molecule has 2 heterocycles. The van der Waals surface area contributed by atoms with Gasteiger partial charge in [0.25, 0.3) is 0 Å². The van der Waals surface area contributed by atoms with Gasteiger partial charge in [-0.1, -0.05) is 6.07 Å². The largest absolute Gasteiger partial charge is 0.495 e. The highest BCUT2D eigenvalue weighted by molar-refractivity contribution is 5.78. The van der Waals surface area contributed by atoms with E-state index in [1.807, 2.05) is 37.3 Å². The molecule has 0 amide bonds. The smallest absolute Gasteiger partial charge is 0.327 e. The van der Waals surface area contributed by atoms with E-state index in [4.69, 9.17) is 14.2 Å².